The lowest BCUT2D eigenvalue weighted by atomic mass is 10.0. The number of carbonyl (C=O) groups is 1. The molecule has 0 aliphatic rings. The van der Waals surface area contributed by atoms with Crippen molar-refractivity contribution in [2.24, 2.45) is 5.10 Å². The molecule has 0 spiro atoms. The van der Waals surface area contributed by atoms with E-state index in [9.17, 15) is 18.3 Å². The minimum Gasteiger partial charge on any atom is -0.507 e. The van der Waals surface area contributed by atoms with Gasteiger partial charge in [0.1, 0.15) is 12.3 Å². The molecule has 30 heavy (non-hydrogen) atoms. The van der Waals surface area contributed by atoms with Crippen LogP contribution in [-0.4, -0.2) is 38.4 Å². The number of hydrogen-bond acceptors (Lipinski definition) is 5. The van der Waals surface area contributed by atoms with E-state index in [-0.39, 0.29) is 5.75 Å². The summed E-state index contributed by atoms with van der Waals surface area (Å²) in [6, 6.07) is 15.5. The van der Waals surface area contributed by atoms with Crippen molar-refractivity contribution in [2.75, 3.05) is 17.1 Å². The molecule has 2 N–H and O–H groups in total. The summed E-state index contributed by atoms with van der Waals surface area (Å²) in [6.45, 7) is 1.25. The van der Waals surface area contributed by atoms with Crippen LogP contribution in [0.4, 0.5) is 5.69 Å². The number of amides is 1. The van der Waals surface area contributed by atoms with Gasteiger partial charge in [0.25, 0.3) is 5.91 Å². The van der Waals surface area contributed by atoms with Crippen molar-refractivity contribution in [1.29, 1.82) is 0 Å². The van der Waals surface area contributed by atoms with Gasteiger partial charge in [-0.2, -0.15) is 5.10 Å². The summed E-state index contributed by atoms with van der Waals surface area (Å²) < 4.78 is 25.4. The fourth-order valence-corrected chi connectivity index (χ4v) is 4.17. The second kappa shape index (κ2) is 8.73. The number of anilines is 1. The first-order chi connectivity index (χ1) is 14.2. The molecule has 0 heterocycles. The average molecular weight is 446 g/mol. The number of rotatable bonds is 6. The van der Waals surface area contributed by atoms with Crippen molar-refractivity contribution in [1.82, 2.24) is 5.43 Å². The van der Waals surface area contributed by atoms with E-state index in [0.717, 1.165) is 21.3 Å². The van der Waals surface area contributed by atoms with Crippen LogP contribution in [0, 0.1) is 6.92 Å². The molecule has 0 unspecified atom stereocenters. The highest BCUT2D eigenvalue weighted by atomic mass is 35.5. The predicted molar refractivity (Wildman–Crippen MR) is 120 cm³/mol. The van der Waals surface area contributed by atoms with Crippen molar-refractivity contribution < 1.29 is 18.3 Å². The van der Waals surface area contributed by atoms with Gasteiger partial charge < -0.3 is 5.11 Å². The number of aryl methyl sites for hydroxylation is 1. The number of phenols is 1. The summed E-state index contributed by atoms with van der Waals surface area (Å²) in [5.41, 5.74) is 3.73. The summed E-state index contributed by atoms with van der Waals surface area (Å²) in [4.78, 5) is 12.4. The molecule has 3 aromatic carbocycles. The highest BCUT2D eigenvalue weighted by Gasteiger charge is 2.22. The number of nitrogens with zero attached hydrogens (tertiary/aromatic N) is 2. The summed E-state index contributed by atoms with van der Waals surface area (Å²) in [7, 11) is -3.72. The van der Waals surface area contributed by atoms with Gasteiger partial charge in [0.2, 0.25) is 10.0 Å². The SMILES string of the molecule is Cc1cc(Cl)ccc1N(CC(=O)N/N=C\c1c(O)ccc2ccccc12)S(C)(=O)=O. The van der Waals surface area contributed by atoms with Gasteiger partial charge in [-0.05, 0) is 47.5 Å². The van der Waals surface area contributed by atoms with Gasteiger partial charge in [-0.1, -0.05) is 41.9 Å². The Labute approximate surface area is 179 Å². The number of nitrogens with one attached hydrogen (secondary N) is 1. The number of hydrazone groups is 1. The van der Waals surface area contributed by atoms with E-state index in [2.05, 4.69) is 10.5 Å². The van der Waals surface area contributed by atoms with Crippen LogP contribution < -0.4 is 9.73 Å². The van der Waals surface area contributed by atoms with Crippen molar-refractivity contribution in [3.05, 3.63) is 70.7 Å². The van der Waals surface area contributed by atoms with E-state index < -0.39 is 22.5 Å². The van der Waals surface area contributed by atoms with Crippen LogP contribution >= 0.6 is 11.6 Å². The van der Waals surface area contributed by atoms with Crippen molar-refractivity contribution in [3.63, 3.8) is 0 Å². The lowest BCUT2D eigenvalue weighted by molar-refractivity contribution is -0.119. The van der Waals surface area contributed by atoms with Gasteiger partial charge in [0.15, 0.2) is 0 Å². The number of carbonyl (C=O) groups excluding carboxylic acids is 1. The van der Waals surface area contributed by atoms with Gasteiger partial charge in [-0.25, -0.2) is 13.8 Å². The van der Waals surface area contributed by atoms with Crippen molar-refractivity contribution in [2.45, 2.75) is 6.92 Å². The van der Waals surface area contributed by atoms with E-state index >= 15 is 0 Å². The monoisotopic (exact) mass is 445 g/mol. The smallest absolute Gasteiger partial charge is 0.260 e. The van der Waals surface area contributed by atoms with Crippen LogP contribution in [-0.2, 0) is 14.8 Å². The summed E-state index contributed by atoms with van der Waals surface area (Å²) in [5, 5.41) is 16.2. The molecule has 0 saturated carbocycles. The Balaban J connectivity index is 1.80. The largest absolute Gasteiger partial charge is 0.507 e. The molecule has 3 aromatic rings. The standard InChI is InChI=1S/C21H20ClN3O4S/c1-14-11-16(22)8-9-19(14)25(30(2,28)29)13-21(27)24-23-12-18-17-6-4-3-5-15(17)7-10-20(18)26/h3-12,26H,13H2,1-2H3,(H,24,27)/b23-12-. The van der Waals surface area contributed by atoms with E-state index in [0.29, 0.717) is 21.8 Å². The predicted octanol–water partition coefficient (Wildman–Crippen LogP) is 3.42. The number of halogens is 1. The number of hydrogen-bond donors (Lipinski definition) is 2. The molecule has 0 saturated heterocycles. The molecule has 0 radical (unpaired) electrons. The third-order valence-electron chi connectivity index (χ3n) is 4.45. The fraction of sp³-hybridized carbons (Fsp3) is 0.143. The van der Waals surface area contributed by atoms with Crippen molar-refractivity contribution >= 4 is 50.2 Å². The minimum absolute atomic E-state index is 0.0150. The third-order valence-corrected chi connectivity index (χ3v) is 5.81. The summed E-state index contributed by atoms with van der Waals surface area (Å²) in [5.74, 6) is -0.619. The van der Waals surface area contributed by atoms with E-state index in [1.165, 1.54) is 6.21 Å². The maximum absolute atomic E-state index is 12.4. The average Bonchev–Trinajstić information content (AvgIpc) is 2.67. The Bertz CT molecular complexity index is 1240. The Morgan fingerprint density at radius 1 is 1.20 bits per heavy atom. The molecular formula is C21H20ClN3O4S. The van der Waals surface area contributed by atoms with Crippen LogP contribution in [0.2, 0.25) is 5.02 Å². The first-order valence-electron chi connectivity index (χ1n) is 8.93. The number of benzene rings is 3. The highest BCUT2D eigenvalue weighted by Crippen LogP contribution is 2.26. The fourth-order valence-electron chi connectivity index (χ4n) is 3.03. The molecule has 0 aliphatic heterocycles. The molecule has 7 nitrogen and oxygen atoms in total. The summed E-state index contributed by atoms with van der Waals surface area (Å²) in [6.07, 6.45) is 2.35. The second-order valence-corrected chi connectivity index (χ2v) is 9.06. The number of aromatic hydroxyl groups is 1. The van der Waals surface area contributed by atoms with E-state index in [1.54, 1.807) is 37.3 Å². The highest BCUT2D eigenvalue weighted by molar-refractivity contribution is 7.92. The second-order valence-electron chi connectivity index (χ2n) is 6.71. The number of sulfonamides is 1. The van der Waals surface area contributed by atoms with Crippen LogP contribution in [0.5, 0.6) is 5.75 Å². The quantitative estimate of drug-likeness (QED) is 0.448. The first kappa shape index (κ1) is 21.6. The maximum atomic E-state index is 12.4. The Morgan fingerprint density at radius 3 is 2.63 bits per heavy atom. The van der Waals surface area contributed by atoms with Gasteiger partial charge in [0.05, 0.1) is 18.2 Å². The zero-order valence-electron chi connectivity index (χ0n) is 16.3. The molecule has 3 rings (SSSR count). The molecule has 0 atom stereocenters. The Morgan fingerprint density at radius 2 is 1.93 bits per heavy atom. The molecule has 9 heteroatoms. The van der Waals surface area contributed by atoms with E-state index in [4.69, 9.17) is 11.6 Å². The topological polar surface area (TPSA) is 99.1 Å². The Kier molecular flexibility index (Phi) is 6.28. The third kappa shape index (κ3) is 4.90. The number of fused-ring (bicyclic) bond motifs is 1. The normalized spacial score (nSPS) is 11.7. The number of phenolic OH excluding ortho intramolecular Hbond substituents is 1. The minimum atomic E-state index is -3.72. The lowest BCUT2D eigenvalue weighted by Crippen LogP contribution is -2.39. The van der Waals surface area contributed by atoms with Gasteiger partial charge in [0, 0.05) is 10.6 Å². The molecule has 0 aliphatic carbocycles. The molecule has 0 fully saturated rings. The van der Waals surface area contributed by atoms with Gasteiger partial charge >= 0.3 is 0 Å². The van der Waals surface area contributed by atoms with Crippen LogP contribution in [0.15, 0.2) is 59.7 Å². The molecule has 0 bridgehead atoms. The molecular weight excluding hydrogens is 426 g/mol. The van der Waals surface area contributed by atoms with Crippen molar-refractivity contribution in [3.8, 4) is 5.75 Å². The lowest BCUT2D eigenvalue weighted by Gasteiger charge is -2.23. The zero-order valence-corrected chi connectivity index (χ0v) is 17.9. The van der Waals surface area contributed by atoms with Gasteiger partial charge in [-0.3, -0.25) is 9.10 Å². The molecule has 1 amide bonds. The first-order valence-corrected chi connectivity index (χ1v) is 11.2. The zero-order chi connectivity index (χ0) is 21.9. The van der Waals surface area contributed by atoms with Crippen LogP contribution in [0.3, 0.4) is 0 Å². The molecule has 156 valence electrons. The Hall–Kier alpha value is -3.10. The van der Waals surface area contributed by atoms with Crippen LogP contribution in [0.1, 0.15) is 11.1 Å². The maximum Gasteiger partial charge on any atom is 0.260 e. The van der Waals surface area contributed by atoms with Crippen LogP contribution in [0.25, 0.3) is 10.8 Å². The van der Waals surface area contributed by atoms with E-state index in [1.807, 2.05) is 24.3 Å². The molecule has 0 aromatic heterocycles. The van der Waals surface area contributed by atoms with Gasteiger partial charge in [-0.15, -0.1) is 0 Å². The summed E-state index contributed by atoms with van der Waals surface area (Å²) >= 11 is 5.94.